The van der Waals surface area contributed by atoms with Crippen molar-refractivity contribution in [2.45, 2.75) is 18.2 Å². The van der Waals surface area contributed by atoms with E-state index in [-0.39, 0.29) is 17.3 Å². The third-order valence-corrected chi connectivity index (χ3v) is 7.49. The van der Waals surface area contributed by atoms with Gasteiger partial charge in [-0.2, -0.15) is 0 Å². The molecule has 0 bridgehead atoms. The van der Waals surface area contributed by atoms with Crippen LogP contribution in [0.2, 0.25) is 5.02 Å². The summed E-state index contributed by atoms with van der Waals surface area (Å²) in [4.78, 5) is 30.6. The highest BCUT2D eigenvalue weighted by atomic mass is 35.5. The third kappa shape index (κ3) is 4.85. The Morgan fingerprint density at radius 1 is 0.861 bits per heavy atom. The highest BCUT2D eigenvalue weighted by Gasteiger charge is 2.17. The van der Waals surface area contributed by atoms with Crippen molar-refractivity contribution in [2.24, 2.45) is 0 Å². The summed E-state index contributed by atoms with van der Waals surface area (Å²) in [6.07, 6.45) is 0.368. The van der Waals surface area contributed by atoms with Gasteiger partial charge in [-0.3, -0.25) is 9.59 Å². The van der Waals surface area contributed by atoms with E-state index in [1.807, 2.05) is 85.8 Å². The first-order valence-corrected chi connectivity index (χ1v) is 12.9. The molecule has 0 spiro atoms. The molecule has 6 heteroatoms. The van der Waals surface area contributed by atoms with Crippen molar-refractivity contribution < 1.29 is 9.59 Å². The van der Waals surface area contributed by atoms with E-state index in [0.29, 0.717) is 33.9 Å². The van der Waals surface area contributed by atoms with Crippen LogP contribution in [0.5, 0.6) is 0 Å². The molecule has 36 heavy (non-hydrogen) atoms. The van der Waals surface area contributed by atoms with E-state index in [1.165, 1.54) is 0 Å². The van der Waals surface area contributed by atoms with Gasteiger partial charge >= 0.3 is 0 Å². The Morgan fingerprint density at radius 2 is 1.50 bits per heavy atom. The number of carbonyl (C=O) groups is 2. The number of fused-ring (bicyclic) bond motifs is 3. The van der Waals surface area contributed by atoms with Gasteiger partial charge in [0, 0.05) is 60.6 Å². The summed E-state index contributed by atoms with van der Waals surface area (Å²) < 4.78 is 0. The third-order valence-electron chi connectivity index (χ3n) is 6.22. The molecule has 0 unspecified atom stereocenters. The lowest BCUT2D eigenvalue weighted by molar-refractivity contribution is 0.103. The molecular weight excluding hydrogens is 488 g/mol. The lowest BCUT2D eigenvalue weighted by Crippen LogP contribution is -2.13. The molecule has 4 nitrogen and oxygen atoms in total. The first-order valence-electron chi connectivity index (χ1n) is 11.6. The van der Waals surface area contributed by atoms with Crippen LogP contribution in [-0.4, -0.2) is 28.0 Å². The number of aromatic amines is 1. The second-order valence-electron chi connectivity index (χ2n) is 8.65. The molecule has 0 aliphatic heterocycles. The predicted molar refractivity (Wildman–Crippen MR) is 149 cm³/mol. The van der Waals surface area contributed by atoms with Crippen molar-refractivity contribution in [1.29, 1.82) is 5.41 Å². The summed E-state index contributed by atoms with van der Waals surface area (Å²) in [7, 11) is 0. The van der Waals surface area contributed by atoms with Crippen LogP contribution in [0.15, 0.2) is 89.8 Å². The number of aromatic nitrogens is 1. The second kappa shape index (κ2) is 10.1. The summed E-state index contributed by atoms with van der Waals surface area (Å²) in [6, 6.07) is 26.1. The van der Waals surface area contributed by atoms with Crippen molar-refractivity contribution >= 4 is 62.4 Å². The summed E-state index contributed by atoms with van der Waals surface area (Å²) in [5.41, 5.74) is 4.53. The molecule has 4 aromatic carbocycles. The van der Waals surface area contributed by atoms with Crippen LogP contribution in [0.25, 0.3) is 21.8 Å². The van der Waals surface area contributed by atoms with Gasteiger partial charge in [-0.05, 0) is 73.2 Å². The Kier molecular flexibility index (Phi) is 6.77. The Bertz CT molecular complexity index is 1640. The van der Waals surface area contributed by atoms with Crippen molar-refractivity contribution in [3.05, 3.63) is 112 Å². The van der Waals surface area contributed by atoms with Gasteiger partial charge in [-0.15, -0.1) is 11.8 Å². The minimum atomic E-state index is -0.282. The quantitative estimate of drug-likeness (QED) is 0.126. The number of halogens is 1. The zero-order chi connectivity index (χ0) is 25.2. The zero-order valence-electron chi connectivity index (χ0n) is 19.6. The van der Waals surface area contributed by atoms with Gasteiger partial charge in [-0.25, -0.2) is 0 Å². The smallest absolute Gasteiger partial charge is 0.206 e. The maximum Gasteiger partial charge on any atom is 0.206 e. The van der Waals surface area contributed by atoms with Crippen LogP contribution < -0.4 is 0 Å². The molecule has 0 atom stereocenters. The van der Waals surface area contributed by atoms with Crippen LogP contribution in [-0.2, 0) is 0 Å². The van der Waals surface area contributed by atoms with Crippen LogP contribution >= 0.6 is 23.4 Å². The van der Waals surface area contributed by atoms with Gasteiger partial charge in [-0.1, -0.05) is 35.9 Å². The number of H-pyrrole nitrogens is 1. The first-order chi connectivity index (χ1) is 17.4. The van der Waals surface area contributed by atoms with Crippen molar-refractivity contribution in [1.82, 2.24) is 4.98 Å². The second-order valence-corrected chi connectivity index (χ2v) is 10.3. The number of ketones is 2. The fraction of sp³-hybridized carbons (Fsp3) is 0.100. The summed E-state index contributed by atoms with van der Waals surface area (Å²) in [5.74, 6) is 0.318. The van der Waals surface area contributed by atoms with Gasteiger partial charge in [0.25, 0.3) is 0 Å². The topological polar surface area (TPSA) is 73.8 Å². The van der Waals surface area contributed by atoms with E-state index in [2.05, 4.69) is 4.98 Å². The molecule has 1 aromatic heterocycles. The van der Waals surface area contributed by atoms with E-state index in [0.717, 1.165) is 32.3 Å². The van der Waals surface area contributed by atoms with Crippen molar-refractivity contribution in [2.75, 3.05) is 5.75 Å². The molecule has 1 heterocycles. The van der Waals surface area contributed by atoms with Crippen LogP contribution in [0.4, 0.5) is 0 Å². The SMILES string of the molecule is Cc1ccccc1C(=O)c1ccc2[nH]c3ccc(C(=O)C(=N)CCSc4ccc(Cl)cc4)cc3c2c1. The van der Waals surface area contributed by atoms with E-state index >= 15 is 0 Å². The van der Waals surface area contributed by atoms with E-state index in [9.17, 15) is 9.59 Å². The maximum atomic E-state index is 13.2. The average Bonchev–Trinajstić information content (AvgIpc) is 3.26. The number of carbonyl (C=O) groups excluding carboxylic acids is 2. The molecule has 178 valence electrons. The standard InChI is InChI=1S/C30H23ClN2O2S/c1-18-4-2-3-5-23(18)29(34)19-6-12-27-24(16-19)25-17-20(7-13-28(25)33-27)30(35)26(32)14-15-36-22-10-8-21(31)9-11-22/h2-13,16-17,32-33H,14-15H2,1H3. The molecule has 0 fully saturated rings. The fourth-order valence-corrected chi connectivity index (χ4v) is 5.25. The fourth-order valence-electron chi connectivity index (χ4n) is 4.25. The number of Topliss-reactive ketones (excluding diaryl/α,β-unsaturated/α-hetero) is 1. The minimum Gasteiger partial charge on any atom is -0.355 e. The number of benzene rings is 4. The number of hydrogen-bond acceptors (Lipinski definition) is 4. The number of hydrogen-bond donors (Lipinski definition) is 2. The molecule has 2 N–H and O–H groups in total. The highest BCUT2D eigenvalue weighted by Crippen LogP contribution is 2.29. The van der Waals surface area contributed by atoms with Gasteiger partial charge in [0.2, 0.25) is 5.78 Å². The normalized spacial score (nSPS) is 11.2. The average molecular weight is 511 g/mol. The van der Waals surface area contributed by atoms with E-state index in [4.69, 9.17) is 17.0 Å². The highest BCUT2D eigenvalue weighted by molar-refractivity contribution is 7.99. The Hall–Kier alpha value is -3.67. The molecule has 0 amide bonds. The van der Waals surface area contributed by atoms with Gasteiger partial charge < -0.3 is 10.4 Å². The molecule has 0 saturated carbocycles. The first kappa shape index (κ1) is 24.0. The number of nitrogens with one attached hydrogen (secondary N) is 2. The Morgan fingerprint density at radius 3 is 2.19 bits per heavy atom. The molecule has 0 aliphatic carbocycles. The molecule has 5 rings (SSSR count). The Labute approximate surface area is 218 Å². The van der Waals surface area contributed by atoms with Crippen LogP contribution in [0.3, 0.4) is 0 Å². The molecule has 0 aliphatic rings. The lowest BCUT2D eigenvalue weighted by atomic mass is 9.97. The number of rotatable bonds is 8. The Balaban J connectivity index is 1.38. The molecule has 0 saturated heterocycles. The largest absolute Gasteiger partial charge is 0.355 e. The van der Waals surface area contributed by atoms with Crippen molar-refractivity contribution in [3.63, 3.8) is 0 Å². The van der Waals surface area contributed by atoms with E-state index in [1.54, 1.807) is 17.8 Å². The molecular formula is C30H23ClN2O2S. The lowest BCUT2D eigenvalue weighted by Gasteiger charge is -2.06. The maximum absolute atomic E-state index is 13.2. The molecule has 5 aromatic rings. The number of aryl methyl sites for hydroxylation is 1. The number of thioether (sulfide) groups is 1. The van der Waals surface area contributed by atoms with Gasteiger partial charge in [0.15, 0.2) is 5.78 Å². The monoisotopic (exact) mass is 510 g/mol. The van der Waals surface area contributed by atoms with Crippen LogP contribution in [0, 0.1) is 12.3 Å². The van der Waals surface area contributed by atoms with Crippen molar-refractivity contribution in [3.8, 4) is 0 Å². The predicted octanol–water partition coefficient (Wildman–Crippen LogP) is 7.90. The van der Waals surface area contributed by atoms with Gasteiger partial charge in [0.1, 0.15) is 0 Å². The summed E-state index contributed by atoms with van der Waals surface area (Å²) in [5, 5.41) is 10.8. The summed E-state index contributed by atoms with van der Waals surface area (Å²) >= 11 is 7.52. The molecule has 0 radical (unpaired) electrons. The van der Waals surface area contributed by atoms with Crippen LogP contribution in [0.1, 0.15) is 38.3 Å². The van der Waals surface area contributed by atoms with E-state index < -0.39 is 0 Å². The minimum absolute atomic E-state index is 0.0310. The van der Waals surface area contributed by atoms with Gasteiger partial charge in [0.05, 0.1) is 5.71 Å². The summed E-state index contributed by atoms with van der Waals surface area (Å²) in [6.45, 7) is 1.93. The zero-order valence-corrected chi connectivity index (χ0v) is 21.2.